The van der Waals surface area contributed by atoms with Crippen LogP contribution in [-0.2, 0) is 0 Å². The predicted octanol–water partition coefficient (Wildman–Crippen LogP) is 2.75. The van der Waals surface area contributed by atoms with Crippen molar-refractivity contribution in [2.75, 3.05) is 5.32 Å². The highest BCUT2D eigenvalue weighted by molar-refractivity contribution is 5.60. The minimum Gasteiger partial charge on any atom is -0.360 e. The molecule has 0 aliphatic heterocycles. The van der Waals surface area contributed by atoms with Crippen molar-refractivity contribution >= 4 is 11.5 Å². The summed E-state index contributed by atoms with van der Waals surface area (Å²) in [5, 5.41) is 19.0. The van der Waals surface area contributed by atoms with E-state index in [4.69, 9.17) is 5.73 Å². The Bertz CT molecular complexity index is 512. The molecule has 2 rings (SSSR count). The molecule has 0 amide bonds. The van der Waals surface area contributed by atoms with Crippen molar-refractivity contribution in [3.63, 3.8) is 0 Å². The van der Waals surface area contributed by atoms with Crippen LogP contribution >= 0.6 is 0 Å². The number of nitrogens with one attached hydrogen (secondary N) is 1. The Balaban J connectivity index is 2.34. The Morgan fingerprint density at radius 1 is 1.38 bits per heavy atom. The van der Waals surface area contributed by atoms with Gasteiger partial charge in [0.1, 0.15) is 5.69 Å². The molecular formula is C14H25N5O2. The molecule has 7 nitrogen and oxygen atoms in total. The van der Waals surface area contributed by atoms with Gasteiger partial charge in [-0.2, -0.15) is 5.10 Å². The number of hydrogen-bond acceptors (Lipinski definition) is 5. The first-order chi connectivity index (χ1) is 9.91. The predicted molar refractivity (Wildman–Crippen MR) is 82.5 cm³/mol. The van der Waals surface area contributed by atoms with Crippen LogP contribution in [0.4, 0.5) is 11.5 Å². The molecule has 2 unspecified atom stereocenters. The molecule has 1 aromatic heterocycles. The number of aromatic nitrogens is 2. The first kappa shape index (κ1) is 15.8. The highest BCUT2D eigenvalue weighted by atomic mass is 16.6. The van der Waals surface area contributed by atoms with E-state index in [0.29, 0.717) is 11.5 Å². The monoisotopic (exact) mass is 295 g/mol. The van der Waals surface area contributed by atoms with E-state index in [9.17, 15) is 10.1 Å². The van der Waals surface area contributed by atoms with Crippen LogP contribution in [0.15, 0.2) is 0 Å². The molecule has 0 aromatic carbocycles. The van der Waals surface area contributed by atoms with E-state index in [1.807, 2.05) is 13.8 Å². The molecule has 0 saturated heterocycles. The number of nitrogens with zero attached hydrogens (tertiary/aromatic N) is 3. The standard InChI is InChI=1S/C14H25N5O2/c1-9(2)18-14(13(19(20)21)10(3)17-18)16-12-8-6-4-5-7-11(12)15/h9,11-12,16H,4-8,15H2,1-3H3. The van der Waals surface area contributed by atoms with Gasteiger partial charge >= 0.3 is 5.69 Å². The molecule has 1 aromatic rings. The van der Waals surface area contributed by atoms with Crippen molar-refractivity contribution in [2.24, 2.45) is 5.73 Å². The second-order valence-electron chi connectivity index (χ2n) is 6.13. The Labute approximate surface area is 125 Å². The topological polar surface area (TPSA) is 99.0 Å². The van der Waals surface area contributed by atoms with Gasteiger partial charge in [-0.15, -0.1) is 0 Å². The van der Waals surface area contributed by atoms with Crippen LogP contribution < -0.4 is 11.1 Å². The molecular weight excluding hydrogens is 270 g/mol. The molecule has 2 atom stereocenters. The maximum Gasteiger partial charge on any atom is 0.333 e. The average Bonchev–Trinajstić information content (AvgIpc) is 2.59. The minimum atomic E-state index is -0.355. The molecule has 1 saturated carbocycles. The van der Waals surface area contributed by atoms with Gasteiger partial charge in [-0.25, -0.2) is 4.68 Å². The summed E-state index contributed by atoms with van der Waals surface area (Å²) in [7, 11) is 0. The molecule has 0 spiro atoms. The zero-order valence-corrected chi connectivity index (χ0v) is 13.0. The second-order valence-corrected chi connectivity index (χ2v) is 6.13. The summed E-state index contributed by atoms with van der Waals surface area (Å²) in [6.07, 6.45) is 5.31. The van der Waals surface area contributed by atoms with Gasteiger partial charge in [-0.1, -0.05) is 19.3 Å². The number of rotatable bonds is 4. The van der Waals surface area contributed by atoms with Crippen molar-refractivity contribution < 1.29 is 4.92 Å². The molecule has 3 N–H and O–H groups in total. The van der Waals surface area contributed by atoms with Gasteiger partial charge in [-0.05, 0) is 33.6 Å². The number of nitrogens with two attached hydrogens (primary N) is 1. The lowest BCUT2D eigenvalue weighted by Crippen LogP contribution is -2.40. The van der Waals surface area contributed by atoms with Crippen molar-refractivity contribution in [1.82, 2.24) is 9.78 Å². The van der Waals surface area contributed by atoms with Gasteiger partial charge in [0.25, 0.3) is 0 Å². The van der Waals surface area contributed by atoms with Crippen molar-refractivity contribution in [3.8, 4) is 0 Å². The molecule has 1 heterocycles. The lowest BCUT2D eigenvalue weighted by atomic mass is 10.0. The summed E-state index contributed by atoms with van der Waals surface area (Å²) in [4.78, 5) is 11.0. The van der Waals surface area contributed by atoms with E-state index in [0.717, 1.165) is 25.7 Å². The quantitative estimate of drug-likeness (QED) is 0.505. The third kappa shape index (κ3) is 3.34. The molecule has 0 radical (unpaired) electrons. The summed E-state index contributed by atoms with van der Waals surface area (Å²) in [6.45, 7) is 5.61. The summed E-state index contributed by atoms with van der Waals surface area (Å²) < 4.78 is 1.70. The molecule has 1 aliphatic carbocycles. The Kier molecular flexibility index (Phi) is 4.82. The third-order valence-corrected chi connectivity index (χ3v) is 4.12. The van der Waals surface area contributed by atoms with E-state index in [1.165, 1.54) is 6.42 Å². The van der Waals surface area contributed by atoms with Gasteiger partial charge in [0.15, 0.2) is 0 Å². The Morgan fingerprint density at radius 2 is 2.05 bits per heavy atom. The minimum absolute atomic E-state index is 0.0305. The zero-order chi connectivity index (χ0) is 15.6. The normalized spacial score (nSPS) is 23.1. The number of aryl methyl sites for hydroxylation is 1. The number of hydrogen-bond donors (Lipinski definition) is 2. The molecule has 7 heteroatoms. The Morgan fingerprint density at radius 3 is 2.67 bits per heavy atom. The van der Waals surface area contributed by atoms with Gasteiger partial charge < -0.3 is 11.1 Å². The van der Waals surface area contributed by atoms with E-state index < -0.39 is 0 Å². The van der Waals surface area contributed by atoms with Crippen LogP contribution in [0.5, 0.6) is 0 Å². The fraction of sp³-hybridized carbons (Fsp3) is 0.786. The highest BCUT2D eigenvalue weighted by Gasteiger charge is 2.30. The largest absolute Gasteiger partial charge is 0.360 e. The van der Waals surface area contributed by atoms with Gasteiger partial charge in [0.2, 0.25) is 5.82 Å². The van der Waals surface area contributed by atoms with E-state index >= 15 is 0 Å². The molecule has 118 valence electrons. The van der Waals surface area contributed by atoms with Crippen LogP contribution in [0.2, 0.25) is 0 Å². The molecule has 21 heavy (non-hydrogen) atoms. The fourth-order valence-corrected chi connectivity index (χ4v) is 2.96. The molecule has 1 aliphatic rings. The van der Waals surface area contributed by atoms with Crippen LogP contribution in [0.1, 0.15) is 57.7 Å². The summed E-state index contributed by atoms with van der Waals surface area (Å²) in [5.74, 6) is 0.495. The maximum atomic E-state index is 11.4. The van der Waals surface area contributed by atoms with Gasteiger partial charge in [-0.3, -0.25) is 10.1 Å². The first-order valence-electron chi connectivity index (χ1n) is 7.67. The molecule has 1 fully saturated rings. The summed E-state index contributed by atoms with van der Waals surface area (Å²) >= 11 is 0. The second kappa shape index (κ2) is 6.43. The highest BCUT2D eigenvalue weighted by Crippen LogP contribution is 2.32. The lowest BCUT2D eigenvalue weighted by molar-refractivity contribution is -0.384. The number of nitro groups is 1. The van der Waals surface area contributed by atoms with Crippen LogP contribution in [-0.4, -0.2) is 26.8 Å². The number of anilines is 1. The van der Waals surface area contributed by atoms with Crippen LogP contribution in [0.25, 0.3) is 0 Å². The first-order valence-corrected chi connectivity index (χ1v) is 7.67. The van der Waals surface area contributed by atoms with Crippen molar-refractivity contribution in [2.45, 2.75) is 71.0 Å². The van der Waals surface area contributed by atoms with Gasteiger partial charge in [0, 0.05) is 18.1 Å². The maximum absolute atomic E-state index is 11.4. The van der Waals surface area contributed by atoms with E-state index in [1.54, 1.807) is 11.6 Å². The summed E-state index contributed by atoms with van der Waals surface area (Å²) in [5.41, 5.74) is 6.74. The van der Waals surface area contributed by atoms with Crippen LogP contribution in [0.3, 0.4) is 0 Å². The summed E-state index contributed by atoms with van der Waals surface area (Å²) in [6, 6.07) is 0.157. The SMILES string of the molecule is Cc1nn(C(C)C)c(NC2CCCCCC2N)c1[N+](=O)[O-]. The smallest absolute Gasteiger partial charge is 0.333 e. The average molecular weight is 295 g/mol. The van der Waals surface area contributed by atoms with Gasteiger partial charge in [0.05, 0.1) is 4.92 Å². The zero-order valence-electron chi connectivity index (χ0n) is 13.0. The van der Waals surface area contributed by atoms with Crippen molar-refractivity contribution in [1.29, 1.82) is 0 Å². The molecule has 0 bridgehead atoms. The van der Waals surface area contributed by atoms with E-state index in [-0.39, 0.29) is 28.7 Å². The fourth-order valence-electron chi connectivity index (χ4n) is 2.96. The van der Waals surface area contributed by atoms with Crippen LogP contribution in [0, 0.1) is 17.0 Å². The van der Waals surface area contributed by atoms with E-state index in [2.05, 4.69) is 10.4 Å². The Hall–Kier alpha value is -1.63. The third-order valence-electron chi connectivity index (χ3n) is 4.12. The lowest BCUT2D eigenvalue weighted by Gasteiger charge is -2.24. The van der Waals surface area contributed by atoms with Crippen molar-refractivity contribution in [3.05, 3.63) is 15.8 Å².